The van der Waals surface area contributed by atoms with E-state index in [-0.39, 0.29) is 18.1 Å². The van der Waals surface area contributed by atoms with Crippen LogP contribution in [0.5, 0.6) is 0 Å². The average Bonchev–Trinajstić information content (AvgIpc) is 3.21. The second kappa shape index (κ2) is 5.11. The lowest BCUT2D eigenvalue weighted by molar-refractivity contribution is -0.123. The maximum Gasteiger partial charge on any atom is 0.252 e. The zero-order valence-corrected chi connectivity index (χ0v) is 10.5. The first-order chi connectivity index (χ1) is 8.84. The molecule has 3 heteroatoms. The molecule has 1 N–H and O–H groups in total. The fraction of sp³-hybridized carbons (Fsp3) is 0.533. The molecule has 1 amide bonds. The van der Waals surface area contributed by atoms with Crippen molar-refractivity contribution in [3.8, 4) is 0 Å². The highest BCUT2D eigenvalue weighted by Gasteiger charge is 2.46. The molecular formula is C15H19NO2. The molecule has 3 rings (SSSR count). The quantitative estimate of drug-likeness (QED) is 0.832. The molecule has 1 heterocycles. The predicted molar refractivity (Wildman–Crippen MR) is 69.1 cm³/mol. The molecule has 1 saturated carbocycles. The summed E-state index contributed by atoms with van der Waals surface area (Å²) in [4.78, 5) is 12.0. The minimum atomic E-state index is -0.269. The highest BCUT2D eigenvalue weighted by molar-refractivity contribution is 5.84. The van der Waals surface area contributed by atoms with E-state index in [9.17, 15) is 4.79 Å². The fourth-order valence-corrected chi connectivity index (χ4v) is 2.74. The summed E-state index contributed by atoms with van der Waals surface area (Å²) in [6.45, 7) is 0. The number of carbonyl (C=O) groups excluding carboxylic acids is 1. The first-order valence-corrected chi connectivity index (χ1v) is 6.85. The number of amides is 1. The van der Waals surface area contributed by atoms with Crippen LogP contribution in [0.25, 0.3) is 0 Å². The van der Waals surface area contributed by atoms with E-state index in [1.54, 1.807) is 0 Å². The Bertz CT molecular complexity index is 412. The summed E-state index contributed by atoms with van der Waals surface area (Å²) in [5.41, 5.74) is 1.10. The zero-order chi connectivity index (χ0) is 12.4. The largest absolute Gasteiger partial charge is 0.354 e. The van der Waals surface area contributed by atoms with Gasteiger partial charge in [0.15, 0.2) is 6.10 Å². The highest BCUT2D eigenvalue weighted by Crippen LogP contribution is 2.38. The third-order valence-corrected chi connectivity index (χ3v) is 3.83. The smallest absolute Gasteiger partial charge is 0.252 e. The lowest BCUT2D eigenvalue weighted by atomic mass is 9.95. The summed E-state index contributed by atoms with van der Waals surface area (Å²) in [5.74, 6) is 0.0655. The van der Waals surface area contributed by atoms with Gasteiger partial charge in [0.2, 0.25) is 0 Å². The second-order valence-electron chi connectivity index (χ2n) is 5.23. The Morgan fingerprint density at radius 1 is 1.11 bits per heavy atom. The molecule has 0 unspecified atom stereocenters. The number of epoxide rings is 1. The molecule has 1 aromatic carbocycles. The van der Waals surface area contributed by atoms with E-state index in [4.69, 9.17) is 4.74 Å². The number of hydrogen-bond donors (Lipinski definition) is 1. The number of rotatable bonds is 3. The van der Waals surface area contributed by atoms with Gasteiger partial charge in [0.1, 0.15) is 6.10 Å². The Morgan fingerprint density at radius 2 is 1.83 bits per heavy atom. The molecule has 96 valence electrons. The molecule has 0 aromatic heterocycles. The van der Waals surface area contributed by atoms with Crippen molar-refractivity contribution in [2.45, 2.75) is 50.4 Å². The Hall–Kier alpha value is -1.35. The lowest BCUT2D eigenvalue weighted by Gasteiger charge is -2.22. The fourth-order valence-electron chi connectivity index (χ4n) is 2.74. The van der Waals surface area contributed by atoms with Crippen molar-refractivity contribution in [1.29, 1.82) is 0 Å². The van der Waals surface area contributed by atoms with Gasteiger partial charge >= 0.3 is 0 Å². The van der Waals surface area contributed by atoms with Crippen molar-refractivity contribution < 1.29 is 9.53 Å². The van der Waals surface area contributed by atoms with Crippen molar-refractivity contribution in [3.05, 3.63) is 35.9 Å². The molecule has 0 bridgehead atoms. The predicted octanol–water partition coefficient (Wildman–Crippen LogP) is 2.58. The van der Waals surface area contributed by atoms with Gasteiger partial charge in [0, 0.05) is 6.04 Å². The van der Waals surface area contributed by atoms with Crippen LogP contribution in [0.2, 0.25) is 0 Å². The third kappa shape index (κ3) is 2.56. The van der Waals surface area contributed by atoms with Crippen LogP contribution in [-0.4, -0.2) is 18.1 Å². The van der Waals surface area contributed by atoms with Gasteiger partial charge in [0.25, 0.3) is 5.91 Å². The van der Waals surface area contributed by atoms with Crippen LogP contribution < -0.4 is 5.32 Å². The van der Waals surface area contributed by atoms with Crippen LogP contribution in [0.1, 0.15) is 43.8 Å². The van der Waals surface area contributed by atoms with E-state index in [1.807, 2.05) is 30.3 Å². The molecule has 2 fully saturated rings. The number of carbonyl (C=O) groups is 1. The molecule has 0 radical (unpaired) electrons. The third-order valence-electron chi connectivity index (χ3n) is 3.83. The summed E-state index contributed by atoms with van der Waals surface area (Å²) in [6, 6.07) is 10.3. The number of nitrogens with one attached hydrogen (secondary N) is 1. The normalized spacial score (nSPS) is 27.8. The van der Waals surface area contributed by atoms with Crippen LogP contribution in [0, 0.1) is 0 Å². The van der Waals surface area contributed by atoms with Gasteiger partial charge in [-0.25, -0.2) is 0 Å². The van der Waals surface area contributed by atoms with Crippen molar-refractivity contribution >= 4 is 5.91 Å². The minimum absolute atomic E-state index is 0.0326. The summed E-state index contributed by atoms with van der Waals surface area (Å²) in [5, 5.41) is 3.12. The van der Waals surface area contributed by atoms with Crippen molar-refractivity contribution in [2.75, 3.05) is 0 Å². The summed E-state index contributed by atoms with van der Waals surface area (Å²) in [6.07, 6.45) is 5.71. The van der Waals surface area contributed by atoms with Crippen molar-refractivity contribution in [2.24, 2.45) is 0 Å². The minimum Gasteiger partial charge on any atom is -0.354 e. The second-order valence-corrected chi connectivity index (χ2v) is 5.23. The van der Waals surface area contributed by atoms with Crippen molar-refractivity contribution in [3.63, 3.8) is 0 Å². The van der Waals surface area contributed by atoms with E-state index < -0.39 is 0 Å². The summed E-state index contributed by atoms with van der Waals surface area (Å²) >= 11 is 0. The van der Waals surface area contributed by atoms with E-state index >= 15 is 0 Å². The molecule has 1 aliphatic carbocycles. The average molecular weight is 245 g/mol. The van der Waals surface area contributed by atoms with Crippen LogP contribution in [0.15, 0.2) is 30.3 Å². The first-order valence-electron chi connectivity index (χ1n) is 6.85. The monoisotopic (exact) mass is 245 g/mol. The van der Waals surface area contributed by atoms with Gasteiger partial charge in [-0.15, -0.1) is 0 Å². The number of benzene rings is 1. The zero-order valence-electron chi connectivity index (χ0n) is 10.5. The molecule has 1 aliphatic heterocycles. The maximum absolute atomic E-state index is 12.0. The number of hydrogen-bond acceptors (Lipinski definition) is 2. The molecular weight excluding hydrogens is 226 g/mol. The summed E-state index contributed by atoms with van der Waals surface area (Å²) in [7, 11) is 0. The van der Waals surface area contributed by atoms with Gasteiger partial charge in [0.05, 0.1) is 0 Å². The summed E-state index contributed by atoms with van der Waals surface area (Å²) < 4.78 is 5.49. The Kier molecular flexibility index (Phi) is 3.33. The van der Waals surface area contributed by atoms with Crippen molar-refractivity contribution in [1.82, 2.24) is 5.32 Å². The van der Waals surface area contributed by atoms with E-state index in [1.165, 1.54) is 19.3 Å². The molecule has 0 spiro atoms. The standard InChI is InChI=1S/C15H19NO2/c17-15(16-12-9-5-2-6-10-12)14-13(18-14)11-7-3-1-4-8-11/h1,3-4,7-8,12-14H,2,5-6,9-10H2,(H,16,17)/t13-,14+/m1/s1. The van der Waals surface area contributed by atoms with Crippen LogP contribution in [-0.2, 0) is 9.53 Å². The topological polar surface area (TPSA) is 41.6 Å². The van der Waals surface area contributed by atoms with Crippen LogP contribution in [0.4, 0.5) is 0 Å². The molecule has 18 heavy (non-hydrogen) atoms. The Labute approximate surface area is 108 Å². The van der Waals surface area contributed by atoms with Crippen LogP contribution >= 0.6 is 0 Å². The van der Waals surface area contributed by atoms with Gasteiger partial charge in [-0.2, -0.15) is 0 Å². The molecule has 1 aromatic rings. The SMILES string of the molecule is O=C(NC1CCCCC1)[C@H]1O[C@@H]1c1ccccc1. The van der Waals surface area contributed by atoms with Gasteiger partial charge in [-0.05, 0) is 18.4 Å². The molecule has 2 aliphatic rings. The maximum atomic E-state index is 12.0. The highest BCUT2D eigenvalue weighted by atomic mass is 16.6. The van der Waals surface area contributed by atoms with E-state index in [0.29, 0.717) is 6.04 Å². The van der Waals surface area contributed by atoms with E-state index in [2.05, 4.69) is 5.32 Å². The Balaban J connectivity index is 1.53. The molecule has 2 atom stereocenters. The van der Waals surface area contributed by atoms with Gasteiger partial charge in [-0.1, -0.05) is 49.6 Å². The number of ether oxygens (including phenoxy) is 1. The molecule has 1 saturated heterocycles. The first kappa shape index (κ1) is 11.7. The lowest BCUT2D eigenvalue weighted by Crippen LogP contribution is -2.38. The Morgan fingerprint density at radius 3 is 2.56 bits per heavy atom. The van der Waals surface area contributed by atoms with E-state index in [0.717, 1.165) is 18.4 Å². The van der Waals surface area contributed by atoms with Gasteiger partial charge in [-0.3, -0.25) is 4.79 Å². The molecule has 3 nitrogen and oxygen atoms in total. The van der Waals surface area contributed by atoms with Gasteiger partial charge < -0.3 is 10.1 Å². The van der Waals surface area contributed by atoms with Crippen LogP contribution in [0.3, 0.4) is 0 Å².